The molecule has 584 valence electrons. The molecule has 2 nitrogen and oxygen atoms in total. The summed E-state index contributed by atoms with van der Waals surface area (Å²) in [6.07, 6.45) is 0. The minimum absolute atomic E-state index is 0.508. The molecule has 0 N–H and O–H groups in total. The van der Waals surface area contributed by atoms with Crippen LogP contribution in [0.25, 0.3) is 111 Å². The van der Waals surface area contributed by atoms with Crippen molar-refractivity contribution in [1.29, 1.82) is 0 Å². The second-order valence-electron chi connectivity index (χ2n) is 32.2. The molecule has 0 radical (unpaired) electrons. The molecule has 0 saturated carbocycles. The van der Waals surface area contributed by atoms with E-state index in [0.717, 1.165) is 45.3 Å². The highest BCUT2D eigenvalue weighted by atomic mass is 15.1. The molecule has 0 aliphatic heterocycles. The molecule has 2 aliphatic carbocycles. The molecule has 22 rings (SSSR count). The Morgan fingerprint density at radius 3 is 0.605 bits per heavy atom. The maximum absolute atomic E-state index is 2.42. The zero-order valence-corrected chi connectivity index (χ0v) is 68.5. The maximum atomic E-state index is 2.42. The number of anilines is 6. The van der Waals surface area contributed by atoms with Gasteiger partial charge >= 0.3 is 0 Å². The smallest absolute Gasteiger partial charge is 0.0714 e. The predicted molar refractivity (Wildman–Crippen MR) is 520 cm³/mol. The van der Waals surface area contributed by atoms with Crippen LogP contribution in [0.15, 0.2) is 522 Å². The highest BCUT2D eigenvalue weighted by Crippen LogP contribution is 2.59. The SMILES string of the molecule is c1ccc(-c2ccc(-c3cccc(N(c4ccc(-c5cccc(-c6ccccc6)c5)cc4)c4cccc(C5(c6ccccc6)c6ccccc6-c6ccccc65)c4)c3)cc2)cc1.c1ccc(-c2cccc(-c3ccc(N(c4cccc(-c5cccc(-c6ccccc6)c5)c4)c4cccc(C5(c6ccccc6)c6ccccc6-c6ccccc65)c4)cc3)c2)cc1. The molecule has 0 atom stereocenters. The Balaban J connectivity index is 0.000000152. The summed E-state index contributed by atoms with van der Waals surface area (Å²) in [5.41, 5.74) is 39.9. The monoisotopic (exact) mass is 1580 g/mol. The second kappa shape index (κ2) is 33.3. The van der Waals surface area contributed by atoms with E-state index in [1.54, 1.807) is 0 Å². The van der Waals surface area contributed by atoms with Gasteiger partial charge in [-0.05, 0) is 247 Å². The predicted octanol–water partition coefficient (Wildman–Crippen LogP) is 32.4. The summed E-state index contributed by atoms with van der Waals surface area (Å²) in [5, 5.41) is 0. The van der Waals surface area contributed by atoms with Gasteiger partial charge in [-0.25, -0.2) is 0 Å². The molecule has 0 aromatic heterocycles. The van der Waals surface area contributed by atoms with Crippen LogP contribution in [-0.4, -0.2) is 0 Å². The minimum atomic E-state index is -0.510. The standard InChI is InChI=1S/2C61H43N/c1-4-18-44(19-5-1)47-22-14-24-49(40-47)46-36-38-54(39-37-46)62(55-30-16-26-51(42-55)50-25-15-23-48(41-50)45-20-6-2-7-21-45)56-31-17-29-53(43-56)61(52-27-8-3-9-28-52)59-34-12-10-32-57(59)58-33-11-13-35-60(58)61;1-4-17-44(18-5-1)46-33-35-47(36-34-46)51-23-15-27-55(42-51)62(54-39-37-48(38-40-54)50-22-14-21-49(41-50)45-19-6-2-7-20-45)56-28-16-26-53(43-56)61(52-24-8-3-9-25-52)59-31-12-10-29-57(59)58-30-11-13-32-60(58)61/h2*1-43H. The van der Waals surface area contributed by atoms with Gasteiger partial charge in [-0.2, -0.15) is 0 Å². The number of fused-ring (bicyclic) bond motifs is 6. The fraction of sp³-hybridized carbons (Fsp3) is 0.0164. The van der Waals surface area contributed by atoms with Crippen LogP contribution in [0.4, 0.5) is 34.1 Å². The second-order valence-corrected chi connectivity index (χ2v) is 32.2. The summed E-state index contributed by atoms with van der Waals surface area (Å²) in [4.78, 5) is 4.84. The molecule has 0 heterocycles. The third-order valence-electron chi connectivity index (χ3n) is 25.1. The van der Waals surface area contributed by atoms with Crippen LogP contribution in [0.3, 0.4) is 0 Å². The van der Waals surface area contributed by atoms with Crippen LogP contribution >= 0.6 is 0 Å². The molecular weight excluding hydrogens is 1490 g/mol. The first-order valence-electron chi connectivity index (χ1n) is 42.8. The van der Waals surface area contributed by atoms with Gasteiger partial charge in [0.25, 0.3) is 0 Å². The van der Waals surface area contributed by atoms with Crippen LogP contribution in [-0.2, 0) is 10.8 Å². The van der Waals surface area contributed by atoms with Crippen LogP contribution in [0.1, 0.15) is 44.5 Å². The van der Waals surface area contributed by atoms with Crippen LogP contribution in [0.5, 0.6) is 0 Å². The Bertz CT molecular complexity index is 7100. The van der Waals surface area contributed by atoms with Gasteiger partial charge in [-0.3, -0.25) is 0 Å². The van der Waals surface area contributed by atoms with E-state index < -0.39 is 10.8 Å². The highest BCUT2D eigenvalue weighted by molar-refractivity contribution is 5.92. The van der Waals surface area contributed by atoms with E-state index in [9.17, 15) is 0 Å². The van der Waals surface area contributed by atoms with Crippen LogP contribution in [0.2, 0.25) is 0 Å². The fourth-order valence-corrected chi connectivity index (χ4v) is 19.3. The molecule has 0 fully saturated rings. The molecule has 2 heteroatoms. The summed E-state index contributed by atoms with van der Waals surface area (Å²) in [6.45, 7) is 0. The Morgan fingerprint density at radius 1 is 0.113 bits per heavy atom. The first-order valence-corrected chi connectivity index (χ1v) is 42.8. The first kappa shape index (κ1) is 75.5. The van der Waals surface area contributed by atoms with Crippen molar-refractivity contribution in [3.63, 3.8) is 0 Å². The lowest BCUT2D eigenvalue weighted by Crippen LogP contribution is -2.28. The average Bonchev–Trinajstić information content (AvgIpc) is 1.50. The number of hydrogen-bond acceptors (Lipinski definition) is 2. The zero-order valence-electron chi connectivity index (χ0n) is 68.5. The molecule has 20 aromatic rings. The lowest BCUT2D eigenvalue weighted by atomic mass is 9.67. The largest absolute Gasteiger partial charge is 0.310 e. The van der Waals surface area contributed by atoms with Crippen molar-refractivity contribution >= 4 is 34.1 Å². The van der Waals surface area contributed by atoms with E-state index in [1.807, 2.05) is 0 Å². The molecule has 0 unspecified atom stereocenters. The van der Waals surface area contributed by atoms with Gasteiger partial charge in [0.15, 0.2) is 0 Å². The number of nitrogens with zero attached hydrogens (tertiary/aromatic N) is 2. The van der Waals surface area contributed by atoms with Gasteiger partial charge in [-0.1, -0.05) is 431 Å². The molecule has 0 saturated heterocycles. The Morgan fingerprint density at radius 2 is 0.298 bits per heavy atom. The van der Waals surface area contributed by atoms with Gasteiger partial charge in [-0.15, -0.1) is 0 Å². The maximum Gasteiger partial charge on any atom is 0.0714 e. The summed E-state index contributed by atoms with van der Waals surface area (Å²) >= 11 is 0. The Kier molecular flexibility index (Phi) is 20.3. The molecule has 0 amide bonds. The van der Waals surface area contributed by atoms with Crippen molar-refractivity contribution < 1.29 is 0 Å². The third-order valence-corrected chi connectivity index (χ3v) is 25.1. The minimum Gasteiger partial charge on any atom is -0.310 e. The zero-order chi connectivity index (χ0) is 82.6. The van der Waals surface area contributed by atoms with Crippen molar-refractivity contribution in [1.82, 2.24) is 0 Å². The van der Waals surface area contributed by atoms with Gasteiger partial charge in [0.1, 0.15) is 0 Å². The van der Waals surface area contributed by atoms with E-state index in [-0.39, 0.29) is 0 Å². The van der Waals surface area contributed by atoms with Crippen molar-refractivity contribution in [2.45, 2.75) is 10.8 Å². The highest BCUT2D eigenvalue weighted by Gasteiger charge is 2.48. The molecule has 20 aromatic carbocycles. The summed E-state index contributed by atoms with van der Waals surface area (Å²) < 4.78 is 0. The molecular formula is C122H86N2. The molecule has 124 heavy (non-hydrogen) atoms. The van der Waals surface area contributed by atoms with Gasteiger partial charge < -0.3 is 9.80 Å². The molecule has 2 aliphatic rings. The van der Waals surface area contributed by atoms with Crippen molar-refractivity contribution in [2.75, 3.05) is 9.80 Å². The van der Waals surface area contributed by atoms with Crippen LogP contribution < -0.4 is 9.80 Å². The van der Waals surface area contributed by atoms with Crippen molar-refractivity contribution in [3.8, 4) is 111 Å². The average molecular weight is 1580 g/mol. The normalized spacial score (nSPS) is 12.3. The lowest BCUT2D eigenvalue weighted by Gasteiger charge is -2.35. The Hall–Kier alpha value is -16.0. The molecule has 0 bridgehead atoms. The quantitative estimate of drug-likeness (QED) is 0.0845. The van der Waals surface area contributed by atoms with Gasteiger partial charge in [0, 0.05) is 34.1 Å². The topological polar surface area (TPSA) is 6.48 Å². The van der Waals surface area contributed by atoms with Crippen LogP contribution in [0, 0.1) is 0 Å². The van der Waals surface area contributed by atoms with E-state index >= 15 is 0 Å². The van der Waals surface area contributed by atoms with E-state index in [0.29, 0.717) is 0 Å². The van der Waals surface area contributed by atoms with Crippen molar-refractivity contribution in [2.24, 2.45) is 0 Å². The van der Waals surface area contributed by atoms with Gasteiger partial charge in [0.05, 0.1) is 10.8 Å². The fourth-order valence-electron chi connectivity index (χ4n) is 19.3. The van der Waals surface area contributed by atoms with Gasteiger partial charge in [0.2, 0.25) is 0 Å². The third kappa shape index (κ3) is 14.1. The summed E-state index contributed by atoms with van der Waals surface area (Å²) in [7, 11) is 0. The number of rotatable bonds is 18. The first-order chi connectivity index (χ1) is 61.5. The van der Waals surface area contributed by atoms with E-state index in [2.05, 4.69) is 532 Å². The summed E-state index contributed by atoms with van der Waals surface area (Å²) in [5.74, 6) is 0. The van der Waals surface area contributed by atoms with E-state index in [4.69, 9.17) is 0 Å². The Labute approximate surface area is 727 Å². The lowest BCUT2D eigenvalue weighted by molar-refractivity contribution is 0.768. The number of benzene rings is 20. The summed E-state index contributed by atoms with van der Waals surface area (Å²) in [6, 6.07) is 190. The molecule has 0 spiro atoms. The van der Waals surface area contributed by atoms with Crippen molar-refractivity contribution in [3.05, 3.63) is 566 Å². The van der Waals surface area contributed by atoms with E-state index in [1.165, 1.54) is 145 Å². The number of hydrogen-bond donors (Lipinski definition) is 0.